The van der Waals surface area contributed by atoms with E-state index in [4.69, 9.17) is 5.11 Å². The molecule has 1 aliphatic heterocycles. The summed E-state index contributed by atoms with van der Waals surface area (Å²) in [5.74, 6) is -3.22. The highest BCUT2D eigenvalue weighted by molar-refractivity contribution is 5.76. The molecule has 1 aliphatic carbocycles. The zero-order chi connectivity index (χ0) is 13.9. The van der Waals surface area contributed by atoms with Crippen LogP contribution in [0.3, 0.4) is 0 Å². The molecule has 1 amide bonds. The highest BCUT2D eigenvalue weighted by Gasteiger charge is 2.57. The standard InChI is InChI=1S/C13H22F2N2O2/c14-13(15)8-11(13)7-12(19)16-3-6-17-4-1-10(9-18)2-5-17/h10-11,18H,1-9H2,(H,16,19)/t11-/m0/s1. The van der Waals surface area contributed by atoms with Crippen LogP contribution in [-0.4, -0.2) is 54.6 Å². The minimum atomic E-state index is -2.61. The first kappa shape index (κ1) is 14.7. The van der Waals surface area contributed by atoms with Crippen LogP contribution in [0.15, 0.2) is 0 Å². The van der Waals surface area contributed by atoms with Crippen molar-refractivity contribution in [3.05, 3.63) is 0 Å². The summed E-state index contributed by atoms with van der Waals surface area (Å²) >= 11 is 0. The van der Waals surface area contributed by atoms with E-state index in [0.717, 1.165) is 32.5 Å². The zero-order valence-electron chi connectivity index (χ0n) is 11.1. The maximum atomic E-state index is 12.6. The molecular formula is C13H22F2N2O2. The molecule has 0 aromatic rings. The van der Waals surface area contributed by atoms with Crippen LogP contribution in [0.1, 0.15) is 25.7 Å². The smallest absolute Gasteiger partial charge is 0.252 e. The number of rotatable bonds is 6. The molecule has 19 heavy (non-hydrogen) atoms. The second-order valence-corrected chi connectivity index (χ2v) is 5.68. The van der Waals surface area contributed by atoms with Crippen LogP contribution >= 0.6 is 0 Å². The molecule has 0 aromatic carbocycles. The van der Waals surface area contributed by atoms with Crippen LogP contribution in [0.25, 0.3) is 0 Å². The number of hydrogen-bond donors (Lipinski definition) is 2. The third-order valence-corrected chi connectivity index (χ3v) is 4.10. The number of hydrogen-bond acceptors (Lipinski definition) is 3. The number of carbonyl (C=O) groups is 1. The van der Waals surface area contributed by atoms with Crippen molar-refractivity contribution in [2.45, 2.75) is 31.6 Å². The molecule has 1 atom stereocenters. The Balaban J connectivity index is 1.53. The van der Waals surface area contributed by atoms with Crippen molar-refractivity contribution in [1.82, 2.24) is 10.2 Å². The monoisotopic (exact) mass is 276 g/mol. The van der Waals surface area contributed by atoms with Gasteiger partial charge in [0, 0.05) is 38.5 Å². The third kappa shape index (κ3) is 4.38. The number of aliphatic hydroxyl groups excluding tert-OH is 1. The molecule has 110 valence electrons. The lowest BCUT2D eigenvalue weighted by Crippen LogP contribution is -2.40. The van der Waals surface area contributed by atoms with Gasteiger partial charge in [0.05, 0.1) is 0 Å². The molecular weight excluding hydrogens is 254 g/mol. The van der Waals surface area contributed by atoms with Gasteiger partial charge in [-0.25, -0.2) is 8.78 Å². The SMILES string of the molecule is O=C(C[C@H]1CC1(F)F)NCCN1CCC(CO)CC1. The minimum Gasteiger partial charge on any atom is -0.396 e. The molecule has 2 N–H and O–H groups in total. The van der Waals surface area contributed by atoms with Crippen LogP contribution in [-0.2, 0) is 4.79 Å². The lowest BCUT2D eigenvalue weighted by atomic mass is 9.98. The fourth-order valence-corrected chi connectivity index (χ4v) is 2.53. The third-order valence-electron chi connectivity index (χ3n) is 4.10. The molecule has 2 aliphatic rings. The molecule has 1 heterocycles. The van der Waals surface area contributed by atoms with Gasteiger partial charge in [0.25, 0.3) is 5.92 Å². The summed E-state index contributed by atoms with van der Waals surface area (Å²) in [7, 11) is 0. The van der Waals surface area contributed by atoms with E-state index in [1.165, 1.54) is 0 Å². The Labute approximate surface area is 112 Å². The number of nitrogens with zero attached hydrogens (tertiary/aromatic N) is 1. The predicted molar refractivity (Wildman–Crippen MR) is 66.9 cm³/mol. The molecule has 0 spiro atoms. The van der Waals surface area contributed by atoms with Gasteiger partial charge in [-0.05, 0) is 31.8 Å². The second-order valence-electron chi connectivity index (χ2n) is 5.68. The molecule has 1 saturated carbocycles. The van der Waals surface area contributed by atoms with E-state index in [-0.39, 0.29) is 25.4 Å². The Bertz CT molecular complexity index is 318. The van der Waals surface area contributed by atoms with Crippen LogP contribution in [0, 0.1) is 11.8 Å². The summed E-state index contributed by atoms with van der Waals surface area (Å²) in [6.45, 7) is 3.38. The predicted octanol–water partition coefficient (Wildman–Crippen LogP) is 0.852. The first-order valence-corrected chi connectivity index (χ1v) is 6.99. The zero-order valence-corrected chi connectivity index (χ0v) is 11.1. The number of piperidine rings is 1. The normalized spacial score (nSPS) is 27.2. The van der Waals surface area contributed by atoms with Crippen LogP contribution < -0.4 is 5.32 Å². The van der Waals surface area contributed by atoms with Gasteiger partial charge in [-0.2, -0.15) is 0 Å². The topological polar surface area (TPSA) is 52.6 Å². The molecule has 0 bridgehead atoms. The van der Waals surface area contributed by atoms with Gasteiger partial charge in [-0.3, -0.25) is 4.79 Å². The van der Waals surface area contributed by atoms with E-state index < -0.39 is 11.8 Å². The number of nitrogens with one attached hydrogen (secondary N) is 1. The molecule has 0 aromatic heterocycles. The largest absolute Gasteiger partial charge is 0.396 e. The maximum absolute atomic E-state index is 12.6. The lowest BCUT2D eigenvalue weighted by Gasteiger charge is -2.30. The summed E-state index contributed by atoms with van der Waals surface area (Å²) in [6, 6.07) is 0. The van der Waals surface area contributed by atoms with Crippen molar-refractivity contribution >= 4 is 5.91 Å². The Morgan fingerprint density at radius 2 is 2.00 bits per heavy atom. The van der Waals surface area contributed by atoms with Gasteiger partial charge < -0.3 is 15.3 Å². The van der Waals surface area contributed by atoms with Crippen molar-refractivity contribution in [3.8, 4) is 0 Å². The first-order chi connectivity index (χ1) is 9.01. The highest BCUT2D eigenvalue weighted by Crippen LogP contribution is 2.50. The van der Waals surface area contributed by atoms with Crippen LogP contribution in [0.4, 0.5) is 8.78 Å². The minimum absolute atomic E-state index is 0.0560. The summed E-state index contributed by atoms with van der Waals surface area (Å²) in [5, 5.41) is 11.7. The Morgan fingerprint density at radius 1 is 1.37 bits per heavy atom. The van der Waals surface area contributed by atoms with Gasteiger partial charge in [-0.15, -0.1) is 0 Å². The van der Waals surface area contributed by atoms with Gasteiger partial charge in [0.15, 0.2) is 0 Å². The van der Waals surface area contributed by atoms with E-state index in [1.807, 2.05) is 0 Å². The fraction of sp³-hybridized carbons (Fsp3) is 0.923. The van der Waals surface area contributed by atoms with E-state index in [0.29, 0.717) is 12.5 Å². The molecule has 0 unspecified atom stereocenters. The Kier molecular flexibility index (Phi) is 4.73. The number of carbonyl (C=O) groups excluding carboxylic acids is 1. The average molecular weight is 276 g/mol. The van der Waals surface area contributed by atoms with E-state index >= 15 is 0 Å². The number of alkyl halides is 2. The molecule has 2 rings (SSSR count). The summed E-state index contributed by atoms with van der Waals surface area (Å²) in [5.41, 5.74) is 0. The van der Waals surface area contributed by atoms with E-state index in [2.05, 4.69) is 10.2 Å². The van der Waals surface area contributed by atoms with Gasteiger partial charge in [-0.1, -0.05) is 0 Å². The summed E-state index contributed by atoms with van der Waals surface area (Å²) in [4.78, 5) is 13.7. The van der Waals surface area contributed by atoms with Crippen molar-refractivity contribution in [1.29, 1.82) is 0 Å². The van der Waals surface area contributed by atoms with Gasteiger partial charge in [0.2, 0.25) is 5.91 Å². The lowest BCUT2D eigenvalue weighted by molar-refractivity contribution is -0.122. The Hall–Kier alpha value is -0.750. The fourth-order valence-electron chi connectivity index (χ4n) is 2.53. The maximum Gasteiger partial charge on any atom is 0.252 e. The second kappa shape index (κ2) is 6.13. The Morgan fingerprint density at radius 3 is 2.53 bits per heavy atom. The number of likely N-dealkylation sites (tertiary alicyclic amines) is 1. The van der Waals surface area contributed by atoms with Crippen molar-refractivity contribution in [2.75, 3.05) is 32.8 Å². The number of aliphatic hydroxyl groups is 1. The summed E-state index contributed by atoms with van der Waals surface area (Å²) < 4.78 is 25.3. The van der Waals surface area contributed by atoms with E-state index in [1.54, 1.807) is 0 Å². The number of amides is 1. The molecule has 6 heteroatoms. The van der Waals surface area contributed by atoms with Crippen molar-refractivity contribution in [2.24, 2.45) is 11.8 Å². The van der Waals surface area contributed by atoms with E-state index in [9.17, 15) is 13.6 Å². The molecule has 1 saturated heterocycles. The average Bonchev–Trinajstić information content (AvgIpc) is 2.97. The summed E-state index contributed by atoms with van der Waals surface area (Å²) in [6.07, 6.45) is 1.77. The van der Waals surface area contributed by atoms with Gasteiger partial charge in [0.1, 0.15) is 0 Å². The van der Waals surface area contributed by atoms with Gasteiger partial charge >= 0.3 is 0 Å². The molecule has 2 fully saturated rings. The first-order valence-electron chi connectivity index (χ1n) is 6.99. The van der Waals surface area contributed by atoms with Crippen LogP contribution in [0.5, 0.6) is 0 Å². The van der Waals surface area contributed by atoms with Crippen molar-refractivity contribution in [3.63, 3.8) is 0 Å². The molecule has 0 radical (unpaired) electrons. The highest BCUT2D eigenvalue weighted by atomic mass is 19.3. The number of halogens is 2. The molecule has 4 nitrogen and oxygen atoms in total. The quantitative estimate of drug-likeness (QED) is 0.756. The van der Waals surface area contributed by atoms with Crippen molar-refractivity contribution < 1.29 is 18.7 Å². The van der Waals surface area contributed by atoms with Crippen LogP contribution in [0.2, 0.25) is 0 Å².